The molecule has 0 aromatic heterocycles. The number of nitrogens with zero attached hydrogens (tertiary/aromatic N) is 1. The number of aliphatic hydroxyl groups is 1. The number of carbonyl (C=O) groups excluding carboxylic acids is 1. The topological polar surface area (TPSA) is 58.9 Å². The Hall–Kier alpha value is -0.900. The summed E-state index contributed by atoms with van der Waals surface area (Å²) in [6.07, 6.45) is 2.05. The van der Waals surface area contributed by atoms with Gasteiger partial charge in [0.15, 0.2) is 0 Å². The van der Waals surface area contributed by atoms with Gasteiger partial charge >= 0.3 is 0 Å². The van der Waals surface area contributed by atoms with Gasteiger partial charge in [-0.1, -0.05) is 0 Å². The molecule has 1 aliphatic rings. The fourth-order valence-electron chi connectivity index (χ4n) is 0.209. The van der Waals surface area contributed by atoms with Crippen LogP contribution < -0.4 is 0 Å². The van der Waals surface area contributed by atoms with Crippen molar-refractivity contribution in [1.29, 1.82) is 0 Å². The van der Waals surface area contributed by atoms with E-state index >= 15 is 0 Å². The van der Waals surface area contributed by atoms with Crippen molar-refractivity contribution in [1.82, 2.24) is 0 Å². The van der Waals surface area contributed by atoms with Crippen LogP contribution in [0.2, 0.25) is 0 Å². The van der Waals surface area contributed by atoms with Crippen molar-refractivity contribution in [3.05, 3.63) is 0 Å². The van der Waals surface area contributed by atoms with Crippen molar-refractivity contribution in [2.24, 2.45) is 4.99 Å². The fraction of sp³-hybridized carbons (Fsp3) is 0.600. The van der Waals surface area contributed by atoms with Crippen LogP contribution in [0.1, 0.15) is 6.92 Å². The Morgan fingerprint density at radius 3 is 2.67 bits per heavy atom. The molecule has 0 aromatic carbocycles. The highest BCUT2D eigenvalue weighted by Gasteiger charge is 1.87. The first kappa shape index (κ1) is 8.10. The van der Waals surface area contributed by atoms with Crippen LogP contribution in [0.25, 0.3) is 0 Å². The van der Waals surface area contributed by atoms with Crippen molar-refractivity contribution < 1.29 is 14.6 Å². The molecule has 0 spiro atoms. The second kappa shape index (κ2) is 5.24. The van der Waals surface area contributed by atoms with Gasteiger partial charge in [-0.15, -0.1) is 0 Å². The smallest absolute Gasteiger partial charge is 0.124 e. The number of ether oxygens (including phenoxy) is 1. The molecule has 0 saturated heterocycles. The van der Waals surface area contributed by atoms with E-state index in [9.17, 15) is 4.79 Å². The average molecular weight is 130 g/mol. The van der Waals surface area contributed by atoms with E-state index in [1.54, 1.807) is 6.92 Å². The summed E-state index contributed by atoms with van der Waals surface area (Å²) >= 11 is 0. The van der Waals surface area contributed by atoms with Crippen molar-refractivity contribution >= 4 is 12.3 Å². The van der Waals surface area contributed by atoms with Gasteiger partial charge in [0.25, 0.3) is 0 Å². The highest BCUT2D eigenvalue weighted by molar-refractivity contribution is 5.88. The standard InChI is InChI=1S/C3H2NO2.C2H6O/c5-3-1-6-2-4-3;1-2-3/h1H2;3H,2H2,1H3/q-1;. The van der Waals surface area contributed by atoms with Crippen LogP contribution in [-0.4, -0.2) is 30.6 Å². The van der Waals surface area contributed by atoms with Gasteiger partial charge in [-0.25, -0.2) is 0 Å². The maximum Gasteiger partial charge on any atom is 0.124 e. The number of carbonyl (C=O) groups is 1. The summed E-state index contributed by atoms with van der Waals surface area (Å²) < 4.78 is 4.29. The van der Waals surface area contributed by atoms with E-state index in [2.05, 4.69) is 9.73 Å². The predicted molar refractivity (Wildman–Crippen MR) is 31.2 cm³/mol. The lowest BCUT2D eigenvalue weighted by Gasteiger charge is -1.87. The first-order valence-corrected chi connectivity index (χ1v) is 2.52. The van der Waals surface area contributed by atoms with Gasteiger partial charge in [-0.05, 0) is 6.92 Å². The number of amides is 1. The van der Waals surface area contributed by atoms with Gasteiger partial charge in [0, 0.05) is 13.0 Å². The van der Waals surface area contributed by atoms with Crippen LogP contribution in [0.3, 0.4) is 0 Å². The van der Waals surface area contributed by atoms with E-state index in [-0.39, 0.29) is 19.1 Å². The third kappa shape index (κ3) is 4.96. The molecule has 0 aliphatic carbocycles. The van der Waals surface area contributed by atoms with Crippen LogP contribution in [-0.2, 0) is 9.53 Å². The van der Waals surface area contributed by atoms with Crippen LogP contribution in [0, 0.1) is 0 Å². The molecule has 0 unspecified atom stereocenters. The minimum atomic E-state index is -0.255. The minimum Gasteiger partial charge on any atom is -0.581 e. The Kier molecular flexibility index (Phi) is 4.72. The molecule has 1 amide bonds. The van der Waals surface area contributed by atoms with E-state index < -0.39 is 0 Å². The Labute approximate surface area is 53.2 Å². The van der Waals surface area contributed by atoms with E-state index in [0.29, 0.717) is 0 Å². The Morgan fingerprint density at radius 2 is 2.56 bits per heavy atom. The van der Waals surface area contributed by atoms with Crippen LogP contribution in [0.4, 0.5) is 0 Å². The molecule has 1 N–H and O–H groups in total. The highest BCUT2D eigenvalue weighted by atomic mass is 16.5. The predicted octanol–water partition coefficient (Wildman–Crippen LogP) is -0.553. The molecule has 1 rings (SSSR count). The van der Waals surface area contributed by atoms with Gasteiger partial charge in [-0.2, -0.15) is 0 Å². The average Bonchev–Trinajstić information content (AvgIpc) is 2.20. The molecule has 4 nitrogen and oxygen atoms in total. The summed E-state index contributed by atoms with van der Waals surface area (Å²) in [5.74, 6) is -0.255. The largest absolute Gasteiger partial charge is 0.581 e. The number of hydrogen-bond acceptors (Lipinski definition) is 3. The van der Waals surface area contributed by atoms with E-state index in [1.165, 1.54) is 0 Å². The lowest BCUT2D eigenvalue weighted by molar-refractivity contribution is -0.118. The third-order valence-corrected chi connectivity index (χ3v) is 0.431. The fourth-order valence-corrected chi connectivity index (χ4v) is 0.209. The molecule has 52 valence electrons. The van der Waals surface area contributed by atoms with Gasteiger partial charge in [0.05, 0.1) is 6.61 Å². The maximum atomic E-state index is 9.89. The monoisotopic (exact) mass is 130 g/mol. The highest BCUT2D eigenvalue weighted by Crippen LogP contribution is 1.83. The molecule has 4 heteroatoms. The molecule has 1 heterocycles. The Balaban J connectivity index is 0.000000187. The quantitative estimate of drug-likeness (QED) is 0.447. The second-order valence-corrected chi connectivity index (χ2v) is 1.20. The van der Waals surface area contributed by atoms with Crippen molar-refractivity contribution in [3.63, 3.8) is 0 Å². The van der Waals surface area contributed by atoms with E-state index in [1.807, 2.05) is 6.40 Å². The zero-order chi connectivity index (χ0) is 7.11. The number of rotatable bonds is 0. The second-order valence-electron chi connectivity index (χ2n) is 1.20. The summed E-state index contributed by atoms with van der Waals surface area (Å²) in [6, 6.07) is 0. The molecular formula is C5H8NO3-. The zero-order valence-corrected chi connectivity index (χ0v) is 5.13. The SMILES string of the molecule is CCO.O=C1CO[C-]=N1. The minimum absolute atomic E-state index is 0.0694. The molecule has 0 radical (unpaired) electrons. The van der Waals surface area contributed by atoms with Crippen molar-refractivity contribution in [3.8, 4) is 0 Å². The molecule has 0 bridgehead atoms. The van der Waals surface area contributed by atoms with E-state index in [0.717, 1.165) is 0 Å². The summed E-state index contributed by atoms with van der Waals surface area (Å²) in [5, 5.41) is 7.57. The van der Waals surface area contributed by atoms with Gasteiger partial charge in [0.2, 0.25) is 0 Å². The first-order chi connectivity index (χ1) is 4.31. The summed E-state index contributed by atoms with van der Waals surface area (Å²) in [5.41, 5.74) is 0. The molecular weight excluding hydrogens is 122 g/mol. The van der Waals surface area contributed by atoms with E-state index in [4.69, 9.17) is 5.11 Å². The molecule has 0 saturated carbocycles. The number of aliphatic imine (C=N–C) groups is 1. The lowest BCUT2D eigenvalue weighted by Crippen LogP contribution is -1.92. The number of hydrogen-bond donors (Lipinski definition) is 1. The Bertz CT molecular complexity index is 111. The van der Waals surface area contributed by atoms with Crippen LogP contribution >= 0.6 is 0 Å². The van der Waals surface area contributed by atoms with Crippen molar-refractivity contribution in [2.75, 3.05) is 13.2 Å². The van der Waals surface area contributed by atoms with Crippen molar-refractivity contribution in [2.45, 2.75) is 6.92 Å². The summed E-state index contributed by atoms with van der Waals surface area (Å²) in [4.78, 5) is 13.0. The maximum absolute atomic E-state index is 9.89. The first-order valence-electron chi connectivity index (χ1n) is 2.52. The molecule has 0 fully saturated rings. The molecule has 9 heavy (non-hydrogen) atoms. The van der Waals surface area contributed by atoms with Gasteiger partial charge in [-0.3, -0.25) is 0 Å². The van der Waals surface area contributed by atoms with Gasteiger partial charge in [0.1, 0.15) is 5.91 Å². The Morgan fingerprint density at radius 1 is 2.00 bits per heavy atom. The molecule has 0 atom stereocenters. The van der Waals surface area contributed by atoms with Crippen LogP contribution in [0.5, 0.6) is 0 Å². The summed E-state index contributed by atoms with van der Waals surface area (Å²) in [6.45, 7) is 2.00. The number of aliphatic hydroxyl groups excluding tert-OH is 1. The lowest BCUT2D eigenvalue weighted by atomic mass is 10.7. The molecule has 0 aromatic rings. The molecule has 1 aliphatic heterocycles. The van der Waals surface area contributed by atoms with Gasteiger partial charge < -0.3 is 19.6 Å². The summed E-state index contributed by atoms with van der Waals surface area (Å²) in [7, 11) is 0. The normalized spacial score (nSPS) is 14.2. The zero-order valence-electron chi connectivity index (χ0n) is 5.13. The van der Waals surface area contributed by atoms with Crippen LogP contribution in [0.15, 0.2) is 4.99 Å². The third-order valence-electron chi connectivity index (χ3n) is 0.431.